The lowest BCUT2D eigenvalue weighted by Crippen LogP contribution is -2.53. The number of carbonyl (C=O) groups is 3. The Kier molecular flexibility index (Phi) is 7.35. The number of carboxylic acids is 1. The lowest BCUT2D eigenvalue weighted by Gasteiger charge is -2.24. The minimum Gasteiger partial charge on any atom is -0.480 e. The summed E-state index contributed by atoms with van der Waals surface area (Å²) in [7, 11) is 0. The van der Waals surface area contributed by atoms with E-state index >= 15 is 0 Å². The van der Waals surface area contributed by atoms with Crippen LogP contribution in [0.4, 0.5) is 4.39 Å². The van der Waals surface area contributed by atoms with Crippen molar-refractivity contribution in [1.82, 2.24) is 10.6 Å². The van der Waals surface area contributed by atoms with Crippen LogP contribution in [0.15, 0.2) is 24.3 Å². The molecule has 0 aliphatic carbocycles. The fourth-order valence-electron chi connectivity index (χ4n) is 2.29. The number of hydrogen-bond donors (Lipinski definition) is 3. The van der Waals surface area contributed by atoms with E-state index in [0.29, 0.717) is 12.0 Å². The van der Waals surface area contributed by atoms with Gasteiger partial charge in [-0.2, -0.15) is 0 Å². The smallest absolute Gasteiger partial charge is 0.326 e. The molecule has 132 valence electrons. The van der Waals surface area contributed by atoms with Crippen LogP contribution in [0.2, 0.25) is 0 Å². The number of aliphatic carboxylic acids is 1. The van der Waals surface area contributed by atoms with Crippen LogP contribution in [-0.4, -0.2) is 35.0 Å². The van der Waals surface area contributed by atoms with Gasteiger partial charge in [0, 0.05) is 13.3 Å². The molecule has 0 aliphatic heterocycles. The van der Waals surface area contributed by atoms with Crippen molar-refractivity contribution in [2.75, 3.05) is 0 Å². The average molecular weight is 338 g/mol. The fourth-order valence-corrected chi connectivity index (χ4v) is 2.29. The highest BCUT2D eigenvalue weighted by molar-refractivity contribution is 5.90. The molecule has 1 aromatic carbocycles. The molecule has 0 heterocycles. The van der Waals surface area contributed by atoms with E-state index in [1.807, 2.05) is 6.92 Å². The van der Waals surface area contributed by atoms with E-state index in [1.165, 1.54) is 25.1 Å². The van der Waals surface area contributed by atoms with E-state index in [1.54, 1.807) is 13.0 Å². The number of carbonyl (C=O) groups excluding carboxylic acids is 2. The van der Waals surface area contributed by atoms with Gasteiger partial charge in [-0.15, -0.1) is 0 Å². The quantitative estimate of drug-likeness (QED) is 0.669. The molecule has 1 rings (SSSR count). The van der Waals surface area contributed by atoms with Crippen LogP contribution in [0.1, 0.15) is 32.8 Å². The zero-order chi connectivity index (χ0) is 18.3. The van der Waals surface area contributed by atoms with E-state index in [2.05, 4.69) is 10.6 Å². The third kappa shape index (κ3) is 5.98. The molecule has 1 aromatic rings. The number of halogens is 1. The van der Waals surface area contributed by atoms with Gasteiger partial charge in [0.2, 0.25) is 11.8 Å². The van der Waals surface area contributed by atoms with Crippen molar-refractivity contribution in [2.24, 2.45) is 5.92 Å². The molecule has 0 radical (unpaired) electrons. The first kappa shape index (κ1) is 19.6. The topological polar surface area (TPSA) is 95.5 Å². The Bertz CT molecular complexity index is 606. The highest BCUT2D eigenvalue weighted by atomic mass is 19.1. The molecule has 24 heavy (non-hydrogen) atoms. The van der Waals surface area contributed by atoms with Gasteiger partial charge < -0.3 is 15.7 Å². The molecule has 3 atom stereocenters. The molecule has 2 amide bonds. The first-order valence-corrected chi connectivity index (χ1v) is 7.79. The highest BCUT2D eigenvalue weighted by Crippen LogP contribution is 2.10. The Balaban J connectivity index is 2.91. The highest BCUT2D eigenvalue weighted by Gasteiger charge is 2.29. The molecular formula is C17H23FN2O4. The molecule has 0 unspecified atom stereocenters. The Morgan fingerprint density at radius 1 is 1.25 bits per heavy atom. The van der Waals surface area contributed by atoms with Crippen LogP contribution in [0.25, 0.3) is 0 Å². The van der Waals surface area contributed by atoms with Gasteiger partial charge in [0.15, 0.2) is 0 Å². The van der Waals surface area contributed by atoms with Crippen LogP contribution in [0.5, 0.6) is 0 Å². The molecule has 0 fully saturated rings. The summed E-state index contributed by atoms with van der Waals surface area (Å²) in [5.74, 6) is -2.88. The molecule has 7 heteroatoms. The summed E-state index contributed by atoms with van der Waals surface area (Å²) >= 11 is 0. The molecule has 0 spiro atoms. The lowest BCUT2D eigenvalue weighted by molar-refractivity contribution is -0.143. The second kappa shape index (κ2) is 9.00. The SMILES string of the molecule is CC[C@H](C)[C@H](NC(=O)[C@@H](Cc1cccc(F)c1)NC(C)=O)C(=O)O. The maximum Gasteiger partial charge on any atom is 0.326 e. The molecular weight excluding hydrogens is 315 g/mol. The van der Waals surface area contributed by atoms with E-state index in [9.17, 15) is 23.9 Å². The predicted octanol–water partition coefficient (Wildman–Crippen LogP) is 1.49. The summed E-state index contributed by atoms with van der Waals surface area (Å²) in [5.41, 5.74) is 0.527. The summed E-state index contributed by atoms with van der Waals surface area (Å²) in [6.45, 7) is 4.80. The summed E-state index contributed by atoms with van der Waals surface area (Å²) in [4.78, 5) is 35.1. The number of carboxylic acid groups (broad SMARTS) is 1. The van der Waals surface area contributed by atoms with E-state index in [4.69, 9.17) is 0 Å². The fraction of sp³-hybridized carbons (Fsp3) is 0.471. The third-order valence-electron chi connectivity index (χ3n) is 3.80. The average Bonchev–Trinajstić information content (AvgIpc) is 2.50. The normalized spacial score (nSPS) is 14.3. The van der Waals surface area contributed by atoms with Crippen molar-refractivity contribution in [1.29, 1.82) is 0 Å². The van der Waals surface area contributed by atoms with Crippen LogP contribution < -0.4 is 10.6 Å². The van der Waals surface area contributed by atoms with Crippen LogP contribution in [0, 0.1) is 11.7 Å². The van der Waals surface area contributed by atoms with Gasteiger partial charge in [-0.05, 0) is 23.6 Å². The maximum absolute atomic E-state index is 13.3. The number of amides is 2. The van der Waals surface area contributed by atoms with Gasteiger partial charge in [-0.3, -0.25) is 9.59 Å². The van der Waals surface area contributed by atoms with Crippen molar-refractivity contribution in [3.63, 3.8) is 0 Å². The molecule has 0 aliphatic rings. The number of rotatable bonds is 8. The molecule has 0 saturated carbocycles. The summed E-state index contributed by atoms with van der Waals surface area (Å²) in [6, 6.07) is 3.66. The first-order chi connectivity index (χ1) is 11.2. The first-order valence-electron chi connectivity index (χ1n) is 7.79. The van der Waals surface area contributed by atoms with Gasteiger partial charge in [-0.25, -0.2) is 9.18 Å². The van der Waals surface area contributed by atoms with Crippen molar-refractivity contribution in [3.8, 4) is 0 Å². The van der Waals surface area contributed by atoms with Crippen LogP contribution >= 0.6 is 0 Å². The largest absolute Gasteiger partial charge is 0.480 e. The second-order valence-electron chi connectivity index (χ2n) is 5.80. The number of benzene rings is 1. The van der Waals surface area contributed by atoms with Crippen molar-refractivity contribution in [2.45, 2.75) is 45.7 Å². The van der Waals surface area contributed by atoms with Gasteiger partial charge in [-0.1, -0.05) is 32.4 Å². The van der Waals surface area contributed by atoms with Crippen LogP contribution in [-0.2, 0) is 20.8 Å². The zero-order valence-corrected chi connectivity index (χ0v) is 14.0. The molecule has 0 bridgehead atoms. The van der Waals surface area contributed by atoms with Gasteiger partial charge in [0.1, 0.15) is 17.9 Å². The third-order valence-corrected chi connectivity index (χ3v) is 3.80. The minimum atomic E-state index is -1.13. The summed E-state index contributed by atoms with van der Waals surface area (Å²) < 4.78 is 13.3. The molecule has 0 saturated heterocycles. The summed E-state index contributed by atoms with van der Waals surface area (Å²) in [5, 5.41) is 14.2. The predicted molar refractivity (Wildman–Crippen MR) is 86.7 cm³/mol. The van der Waals surface area contributed by atoms with Gasteiger partial charge >= 0.3 is 5.97 Å². The maximum atomic E-state index is 13.3. The second-order valence-corrected chi connectivity index (χ2v) is 5.80. The number of nitrogens with one attached hydrogen (secondary N) is 2. The van der Waals surface area contributed by atoms with Gasteiger partial charge in [0.25, 0.3) is 0 Å². The lowest BCUT2D eigenvalue weighted by atomic mass is 9.98. The molecule has 3 N–H and O–H groups in total. The molecule has 6 nitrogen and oxygen atoms in total. The van der Waals surface area contributed by atoms with E-state index < -0.39 is 35.7 Å². The monoisotopic (exact) mass is 338 g/mol. The summed E-state index contributed by atoms with van der Waals surface area (Å²) in [6.07, 6.45) is 0.641. The standard InChI is InChI=1S/C17H23FN2O4/c1-4-10(2)15(17(23)24)20-16(22)14(19-11(3)21)9-12-6-5-7-13(18)8-12/h5-8,10,14-15H,4,9H2,1-3H3,(H,19,21)(H,20,22)(H,23,24)/t10-,14+,15-/m0/s1. The Labute approximate surface area is 140 Å². The Morgan fingerprint density at radius 3 is 2.42 bits per heavy atom. The van der Waals surface area contributed by atoms with Crippen molar-refractivity contribution >= 4 is 17.8 Å². The Hall–Kier alpha value is -2.44. The number of hydrogen-bond acceptors (Lipinski definition) is 3. The van der Waals surface area contributed by atoms with Crippen molar-refractivity contribution < 1.29 is 23.9 Å². The Morgan fingerprint density at radius 2 is 1.92 bits per heavy atom. The van der Waals surface area contributed by atoms with Crippen molar-refractivity contribution in [3.05, 3.63) is 35.6 Å². The van der Waals surface area contributed by atoms with Crippen LogP contribution in [0.3, 0.4) is 0 Å². The van der Waals surface area contributed by atoms with Gasteiger partial charge in [0.05, 0.1) is 0 Å². The van der Waals surface area contributed by atoms with E-state index in [0.717, 1.165) is 0 Å². The zero-order valence-electron chi connectivity index (χ0n) is 14.0. The minimum absolute atomic E-state index is 0.0655. The molecule has 0 aromatic heterocycles. The van der Waals surface area contributed by atoms with E-state index in [-0.39, 0.29) is 12.3 Å².